The van der Waals surface area contributed by atoms with E-state index in [0.717, 1.165) is 12.4 Å². The van der Waals surface area contributed by atoms with Gasteiger partial charge in [-0.05, 0) is 29.5 Å². The van der Waals surface area contributed by atoms with E-state index in [1.165, 1.54) is 11.1 Å². The van der Waals surface area contributed by atoms with Crippen molar-refractivity contribution >= 4 is 0 Å². The lowest BCUT2D eigenvalue weighted by atomic mass is 9.86. The molecule has 1 aromatic carbocycles. The minimum absolute atomic E-state index is 0.197. The summed E-state index contributed by atoms with van der Waals surface area (Å²) in [7, 11) is 0. The van der Waals surface area contributed by atoms with Gasteiger partial charge in [0.1, 0.15) is 18.5 Å². The molecule has 0 unspecified atom stereocenters. The van der Waals surface area contributed by atoms with Gasteiger partial charge in [0.2, 0.25) is 0 Å². The number of hydrogen-bond acceptors (Lipinski definition) is 2. The SMILES string of the molecule is Cc1cc(C(C)(C)C)ccc1OC[C@H]1CO1. The lowest BCUT2D eigenvalue weighted by Crippen LogP contribution is -2.12. The first kappa shape index (κ1) is 11.5. The van der Waals surface area contributed by atoms with Gasteiger partial charge in [0.15, 0.2) is 0 Å². The second kappa shape index (κ2) is 4.10. The summed E-state index contributed by atoms with van der Waals surface area (Å²) in [6.45, 7) is 10.3. The number of hydrogen-bond donors (Lipinski definition) is 0. The fourth-order valence-corrected chi connectivity index (χ4v) is 1.62. The Morgan fingerprint density at radius 1 is 1.38 bits per heavy atom. The van der Waals surface area contributed by atoms with Crippen LogP contribution in [0, 0.1) is 6.92 Å². The summed E-state index contributed by atoms with van der Waals surface area (Å²) in [5.41, 5.74) is 2.75. The van der Waals surface area contributed by atoms with Crippen molar-refractivity contribution in [2.45, 2.75) is 39.2 Å². The summed E-state index contributed by atoms with van der Waals surface area (Å²) in [4.78, 5) is 0. The van der Waals surface area contributed by atoms with Crippen molar-refractivity contribution in [2.24, 2.45) is 0 Å². The smallest absolute Gasteiger partial charge is 0.122 e. The Morgan fingerprint density at radius 2 is 2.06 bits per heavy atom. The third-order valence-corrected chi connectivity index (χ3v) is 2.87. The molecule has 0 saturated carbocycles. The molecule has 0 N–H and O–H groups in total. The Kier molecular flexibility index (Phi) is 2.94. The predicted octanol–water partition coefficient (Wildman–Crippen LogP) is 3.07. The Bertz CT molecular complexity index is 373. The molecular formula is C14H20O2. The van der Waals surface area contributed by atoms with E-state index in [1.807, 2.05) is 0 Å². The van der Waals surface area contributed by atoms with Crippen LogP contribution in [0.25, 0.3) is 0 Å². The lowest BCUT2D eigenvalue weighted by Gasteiger charge is -2.20. The van der Waals surface area contributed by atoms with Crippen molar-refractivity contribution in [2.75, 3.05) is 13.2 Å². The van der Waals surface area contributed by atoms with Gasteiger partial charge in [-0.2, -0.15) is 0 Å². The quantitative estimate of drug-likeness (QED) is 0.730. The number of ether oxygens (including phenoxy) is 2. The van der Waals surface area contributed by atoms with Gasteiger partial charge in [-0.25, -0.2) is 0 Å². The molecule has 2 rings (SSSR count). The minimum Gasteiger partial charge on any atom is -0.491 e. The molecule has 2 nitrogen and oxygen atoms in total. The molecule has 1 aromatic rings. The molecule has 0 bridgehead atoms. The third kappa shape index (κ3) is 2.76. The molecule has 0 radical (unpaired) electrons. The van der Waals surface area contributed by atoms with Gasteiger partial charge in [-0.1, -0.05) is 32.9 Å². The highest BCUT2D eigenvalue weighted by Gasteiger charge is 2.23. The largest absolute Gasteiger partial charge is 0.491 e. The van der Waals surface area contributed by atoms with Crippen LogP contribution in [0.15, 0.2) is 18.2 Å². The molecule has 2 heteroatoms. The fourth-order valence-electron chi connectivity index (χ4n) is 1.62. The van der Waals surface area contributed by atoms with Crippen LogP contribution in [0.4, 0.5) is 0 Å². The number of epoxide rings is 1. The Hall–Kier alpha value is -1.02. The second-order valence-corrected chi connectivity index (χ2v) is 5.50. The first-order valence-electron chi connectivity index (χ1n) is 5.82. The van der Waals surface area contributed by atoms with Crippen molar-refractivity contribution in [1.82, 2.24) is 0 Å². The topological polar surface area (TPSA) is 21.8 Å². The van der Waals surface area contributed by atoms with Crippen LogP contribution in [0.1, 0.15) is 31.9 Å². The van der Waals surface area contributed by atoms with Crippen LogP contribution in [0.3, 0.4) is 0 Å². The van der Waals surface area contributed by atoms with Crippen LogP contribution in [0.2, 0.25) is 0 Å². The van der Waals surface area contributed by atoms with E-state index in [-0.39, 0.29) is 5.41 Å². The predicted molar refractivity (Wildman–Crippen MR) is 65.1 cm³/mol. The maximum absolute atomic E-state index is 5.70. The highest BCUT2D eigenvalue weighted by Crippen LogP contribution is 2.27. The van der Waals surface area contributed by atoms with Gasteiger partial charge in [-0.15, -0.1) is 0 Å². The molecule has 1 saturated heterocycles. The zero-order valence-electron chi connectivity index (χ0n) is 10.5. The highest BCUT2D eigenvalue weighted by atomic mass is 16.6. The first-order chi connectivity index (χ1) is 7.47. The van der Waals surface area contributed by atoms with Crippen molar-refractivity contribution in [1.29, 1.82) is 0 Å². The maximum atomic E-state index is 5.70. The molecule has 0 aromatic heterocycles. The zero-order chi connectivity index (χ0) is 11.8. The van der Waals surface area contributed by atoms with Crippen LogP contribution >= 0.6 is 0 Å². The van der Waals surface area contributed by atoms with Crippen molar-refractivity contribution in [3.63, 3.8) is 0 Å². The molecule has 0 aliphatic carbocycles. The molecule has 1 fully saturated rings. The summed E-state index contributed by atoms with van der Waals surface area (Å²) in [5.74, 6) is 0.975. The van der Waals surface area contributed by atoms with Gasteiger partial charge < -0.3 is 9.47 Å². The first-order valence-corrected chi connectivity index (χ1v) is 5.82. The molecule has 0 amide bonds. The van der Waals surface area contributed by atoms with Gasteiger partial charge >= 0.3 is 0 Å². The minimum atomic E-state index is 0.197. The molecule has 1 heterocycles. The monoisotopic (exact) mass is 220 g/mol. The van der Waals surface area contributed by atoms with E-state index >= 15 is 0 Å². The van der Waals surface area contributed by atoms with E-state index in [2.05, 4.69) is 45.9 Å². The summed E-state index contributed by atoms with van der Waals surface area (Å²) in [6, 6.07) is 6.43. The fraction of sp³-hybridized carbons (Fsp3) is 0.571. The third-order valence-electron chi connectivity index (χ3n) is 2.87. The van der Waals surface area contributed by atoms with Gasteiger partial charge in [0.05, 0.1) is 6.61 Å². The number of aryl methyl sites for hydroxylation is 1. The summed E-state index contributed by atoms with van der Waals surface area (Å²) in [5, 5.41) is 0. The maximum Gasteiger partial charge on any atom is 0.122 e. The van der Waals surface area contributed by atoms with Crippen LogP contribution in [0.5, 0.6) is 5.75 Å². The van der Waals surface area contributed by atoms with Gasteiger partial charge in [0.25, 0.3) is 0 Å². The van der Waals surface area contributed by atoms with E-state index in [4.69, 9.17) is 9.47 Å². The van der Waals surface area contributed by atoms with E-state index < -0.39 is 0 Å². The molecule has 16 heavy (non-hydrogen) atoms. The average molecular weight is 220 g/mol. The molecule has 88 valence electrons. The lowest BCUT2D eigenvalue weighted by molar-refractivity contribution is 0.261. The molecule has 1 aliphatic heterocycles. The number of rotatable bonds is 3. The van der Waals surface area contributed by atoms with Gasteiger partial charge in [0, 0.05) is 0 Å². The van der Waals surface area contributed by atoms with Crippen LogP contribution < -0.4 is 4.74 Å². The average Bonchev–Trinajstić information content (AvgIpc) is 2.98. The van der Waals surface area contributed by atoms with Crippen molar-refractivity contribution in [3.05, 3.63) is 29.3 Å². The van der Waals surface area contributed by atoms with E-state index in [9.17, 15) is 0 Å². The molecule has 1 atom stereocenters. The van der Waals surface area contributed by atoms with E-state index in [0.29, 0.717) is 12.7 Å². The Balaban J connectivity index is 2.09. The van der Waals surface area contributed by atoms with Crippen molar-refractivity contribution in [3.8, 4) is 5.75 Å². The van der Waals surface area contributed by atoms with Crippen LogP contribution in [-0.2, 0) is 10.2 Å². The summed E-state index contributed by atoms with van der Waals surface area (Å²) < 4.78 is 10.8. The molecular weight excluding hydrogens is 200 g/mol. The zero-order valence-corrected chi connectivity index (χ0v) is 10.5. The number of benzene rings is 1. The van der Waals surface area contributed by atoms with Crippen LogP contribution in [-0.4, -0.2) is 19.3 Å². The van der Waals surface area contributed by atoms with Crippen molar-refractivity contribution < 1.29 is 9.47 Å². The second-order valence-electron chi connectivity index (χ2n) is 5.50. The van der Waals surface area contributed by atoms with E-state index in [1.54, 1.807) is 0 Å². The molecule has 0 spiro atoms. The summed E-state index contributed by atoms with van der Waals surface area (Å²) >= 11 is 0. The van der Waals surface area contributed by atoms with Gasteiger partial charge in [-0.3, -0.25) is 0 Å². The molecule has 1 aliphatic rings. The highest BCUT2D eigenvalue weighted by molar-refractivity contribution is 5.38. The Labute approximate surface area is 97.6 Å². The normalized spacial score (nSPS) is 19.6. The summed E-state index contributed by atoms with van der Waals surface area (Å²) in [6.07, 6.45) is 0.321. The Morgan fingerprint density at radius 3 is 2.56 bits per heavy atom. The standard InChI is InChI=1S/C14H20O2/c1-10-7-11(14(2,3)4)5-6-13(10)16-9-12-8-15-12/h5-7,12H,8-9H2,1-4H3/t12-/m1/s1.